The highest BCUT2D eigenvalue weighted by molar-refractivity contribution is 7.80. The highest BCUT2D eigenvalue weighted by atomic mass is 32.1. The molecular formula is C12H8F4S. The SMILES string of the molecule is Fc1cc(F)c(F)cc1F.Sc1ccccc1. The molecule has 0 bridgehead atoms. The molecule has 0 aromatic heterocycles. The normalized spacial score (nSPS) is 9.47. The molecule has 0 unspecified atom stereocenters. The fourth-order valence-electron chi connectivity index (χ4n) is 0.926. The minimum absolute atomic E-state index is 0.157. The number of rotatable bonds is 0. The van der Waals surface area contributed by atoms with E-state index < -0.39 is 23.3 Å². The largest absolute Gasteiger partial charge is 0.204 e. The van der Waals surface area contributed by atoms with E-state index in [0.29, 0.717) is 0 Å². The van der Waals surface area contributed by atoms with Crippen LogP contribution < -0.4 is 0 Å². The van der Waals surface area contributed by atoms with Gasteiger partial charge in [-0.25, -0.2) is 17.6 Å². The molecule has 2 aromatic rings. The van der Waals surface area contributed by atoms with E-state index in [2.05, 4.69) is 12.6 Å². The van der Waals surface area contributed by atoms with Crippen LogP contribution in [0.1, 0.15) is 0 Å². The fraction of sp³-hybridized carbons (Fsp3) is 0. The van der Waals surface area contributed by atoms with Crippen molar-refractivity contribution in [2.45, 2.75) is 4.90 Å². The Hall–Kier alpha value is -1.49. The number of thiol groups is 1. The average molecular weight is 260 g/mol. The second-order valence-corrected chi connectivity index (χ2v) is 3.53. The summed E-state index contributed by atoms with van der Waals surface area (Å²) in [7, 11) is 0. The Bertz CT molecular complexity index is 435. The van der Waals surface area contributed by atoms with Crippen LogP contribution in [0.3, 0.4) is 0 Å². The zero-order chi connectivity index (χ0) is 12.8. The van der Waals surface area contributed by atoms with Crippen LogP contribution in [-0.4, -0.2) is 0 Å². The quantitative estimate of drug-likeness (QED) is 0.409. The van der Waals surface area contributed by atoms with Gasteiger partial charge >= 0.3 is 0 Å². The Morgan fingerprint density at radius 1 is 0.647 bits per heavy atom. The van der Waals surface area contributed by atoms with Gasteiger partial charge in [-0.2, -0.15) is 0 Å². The molecule has 0 heterocycles. The lowest BCUT2D eigenvalue weighted by molar-refractivity contribution is 0.454. The molecule has 0 atom stereocenters. The predicted molar refractivity (Wildman–Crippen MR) is 60.0 cm³/mol. The lowest BCUT2D eigenvalue weighted by Gasteiger charge is -1.92. The van der Waals surface area contributed by atoms with Gasteiger partial charge in [0.05, 0.1) is 0 Å². The molecule has 2 aromatic carbocycles. The van der Waals surface area contributed by atoms with Crippen molar-refractivity contribution in [3.05, 3.63) is 65.7 Å². The molecule has 0 spiro atoms. The van der Waals surface area contributed by atoms with E-state index in [4.69, 9.17) is 0 Å². The summed E-state index contributed by atoms with van der Waals surface area (Å²) in [5, 5.41) is 0. The van der Waals surface area contributed by atoms with E-state index in [9.17, 15) is 17.6 Å². The van der Waals surface area contributed by atoms with Crippen LogP contribution in [0.5, 0.6) is 0 Å². The Morgan fingerprint density at radius 2 is 1.00 bits per heavy atom. The van der Waals surface area contributed by atoms with Gasteiger partial charge in [-0.1, -0.05) is 18.2 Å². The Morgan fingerprint density at radius 3 is 1.24 bits per heavy atom. The van der Waals surface area contributed by atoms with Crippen LogP contribution in [0.2, 0.25) is 0 Å². The summed E-state index contributed by atoms with van der Waals surface area (Å²) in [5.74, 6) is -5.56. The van der Waals surface area contributed by atoms with E-state index in [1.807, 2.05) is 30.3 Å². The van der Waals surface area contributed by atoms with Crippen molar-refractivity contribution < 1.29 is 17.6 Å². The second kappa shape index (κ2) is 6.30. The summed E-state index contributed by atoms with van der Waals surface area (Å²) in [6, 6.07) is 10.1. The Balaban J connectivity index is 0.000000181. The van der Waals surface area contributed by atoms with Gasteiger partial charge in [0.25, 0.3) is 0 Å². The molecule has 0 aliphatic heterocycles. The molecule has 0 amide bonds. The van der Waals surface area contributed by atoms with Crippen molar-refractivity contribution in [3.8, 4) is 0 Å². The van der Waals surface area contributed by atoms with Crippen molar-refractivity contribution in [1.29, 1.82) is 0 Å². The van der Waals surface area contributed by atoms with Crippen LogP contribution >= 0.6 is 12.6 Å². The zero-order valence-corrected chi connectivity index (χ0v) is 9.39. The molecule has 2 rings (SSSR count). The van der Waals surface area contributed by atoms with E-state index >= 15 is 0 Å². The van der Waals surface area contributed by atoms with Crippen LogP contribution in [0, 0.1) is 23.3 Å². The molecule has 17 heavy (non-hydrogen) atoms. The van der Waals surface area contributed by atoms with Gasteiger partial charge in [-0.05, 0) is 12.1 Å². The molecular weight excluding hydrogens is 252 g/mol. The summed E-state index contributed by atoms with van der Waals surface area (Å²) in [6.07, 6.45) is 0. The molecule has 0 fully saturated rings. The molecule has 0 radical (unpaired) electrons. The van der Waals surface area contributed by atoms with Gasteiger partial charge in [0.1, 0.15) is 0 Å². The maximum Gasteiger partial charge on any atom is 0.161 e. The molecule has 0 aliphatic rings. The predicted octanol–water partition coefficient (Wildman–Crippen LogP) is 4.22. The van der Waals surface area contributed by atoms with Crippen LogP contribution in [-0.2, 0) is 0 Å². The maximum atomic E-state index is 12.0. The first-order valence-corrected chi connectivity index (χ1v) is 4.99. The summed E-state index contributed by atoms with van der Waals surface area (Å²) in [6.45, 7) is 0. The van der Waals surface area contributed by atoms with Gasteiger partial charge in [-0.3, -0.25) is 0 Å². The Labute approximate surface area is 101 Å². The standard InChI is InChI=1S/C6H2F4.C6H6S/c7-3-1-4(8)6(10)2-5(3)9;7-6-4-2-1-3-5-6/h1-2H;1-5,7H. The monoisotopic (exact) mass is 260 g/mol. The number of benzene rings is 2. The minimum Gasteiger partial charge on any atom is -0.204 e. The van der Waals surface area contributed by atoms with Crippen molar-refractivity contribution in [1.82, 2.24) is 0 Å². The van der Waals surface area contributed by atoms with Crippen molar-refractivity contribution in [3.63, 3.8) is 0 Å². The van der Waals surface area contributed by atoms with E-state index in [1.54, 1.807) is 0 Å². The molecule has 0 nitrogen and oxygen atoms in total. The highest BCUT2D eigenvalue weighted by Gasteiger charge is 2.07. The lowest BCUT2D eigenvalue weighted by atomic mass is 10.3. The van der Waals surface area contributed by atoms with Gasteiger partial charge in [0.2, 0.25) is 0 Å². The summed E-state index contributed by atoms with van der Waals surface area (Å²) in [5.41, 5.74) is 0. The average Bonchev–Trinajstić information content (AvgIpc) is 2.28. The van der Waals surface area contributed by atoms with Gasteiger partial charge < -0.3 is 0 Å². The van der Waals surface area contributed by atoms with Crippen LogP contribution in [0.4, 0.5) is 17.6 Å². The topological polar surface area (TPSA) is 0 Å². The third kappa shape index (κ3) is 4.48. The Kier molecular flexibility index (Phi) is 5.03. The summed E-state index contributed by atoms with van der Waals surface area (Å²) in [4.78, 5) is 1.02. The maximum absolute atomic E-state index is 12.0. The first-order valence-electron chi connectivity index (χ1n) is 4.54. The van der Waals surface area contributed by atoms with Crippen LogP contribution in [0.15, 0.2) is 47.4 Å². The molecule has 5 heteroatoms. The third-order valence-electron chi connectivity index (χ3n) is 1.72. The summed E-state index contributed by atoms with van der Waals surface area (Å²) >= 11 is 4.08. The van der Waals surface area contributed by atoms with Gasteiger partial charge in [0, 0.05) is 17.0 Å². The first kappa shape index (κ1) is 13.6. The van der Waals surface area contributed by atoms with Crippen molar-refractivity contribution in [2.75, 3.05) is 0 Å². The first-order chi connectivity index (χ1) is 8.00. The molecule has 90 valence electrons. The lowest BCUT2D eigenvalue weighted by Crippen LogP contribution is -1.90. The molecule has 0 N–H and O–H groups in total. The van der Waals surface area contributed by atoms with Gasteiger partial charge in [-0.15, -0.1) is 12.6 Å². The van der Waals surface area contributed by atoms with Crippen LogP contribution in [0.25, 0.3) is 0 Å². The minimum atomic E-state index is -1.39. The van der Waals surface area contributed by atoms with Gasteiger partial charge in [0.15, 0.2) is 23.3 Å². The van der Waals surface area contributed by atoms with E-state index in [-0.39, 0.29) is 12.1 Å². The van der Waals surface area contributed by atoms with Crippen molar-refractivity contribution in [2.24, 2.45) is 0 Å². The molecule has 0 saturated carbocycles. The fourth-order valence-corrected chi connectivity index (χ4v) is 1.10. The van der Waals surface area contributed by atoms with E-state index in [0.717, 1.165) is 4.90 Å². The highest BCUT2D eigenvalue weighted by Crippen LogP contribution is 2.11. The molecule has 0 aliphatic carbocycles. The molecule has 0 saturated heterocycles. The van der Waals surface area contributed by atoms with Crippen molar-refractivity contribution >= 4 is 12.6 Å². The number of hydrogen-bond donors (Lipinski definition) is 1. The second-order valence-electron chi connectivity index (χ2n) is 3.02. The number of hydrogen-bond acceptors (Lipinski definition) is 1. The zero-order valence-electron chi connectivity index (χ0n) is 8.50. The third-order valence-corrected chi connectivity index (χ3v) is 2.02. The smallest absolute Gasteiger partial charge is 0.161 e. The number of halogens is 4. The summed E-state index contributed by atoms with van der Waals surface area (Å²) < 4.78 is 47.9. The van der Waals surface area contributed by atoms with E-state index in [1.165, 1.54) is 0 Å².